The van der Waals surface area contributed by atoms with Gasteiger partial charge in [-0.05, 0) is 13.0 Å². The van der Waals surface area contributed by atoms with Crippen LogP contribution in [0.15, 0.2) is 18.2 Å². The van der Waals surface area contributed by atoms with Crippen LogP contribution in [0.1, 0.15) is 6.92 Å². The van der Waals surface area contributed by atoms with Crippen LogP contribution in [0.5, 0.6) is 5.75 Å². The van der Waals surface area contributed by atoms with Crippen molar-refractivity contribution < 1.29 is 10.0 Å². The van der Waals surface area contributed by atoms with Gasteiger partial charge in [0.25, 0.3) is 5.69 Å². The topological polar surface area (TPSA) is 66.6 Å². The highest BCUT2D eigenvalue weighted by Crippen LogP contribution is 2.31. The Morgan fingerprint density at radius 3 is 2.79 bits per heavy atom. The summed E-state index contributed by atoms with van der Waals surface area (Å²) in [6.07, 6.45) is 0. The number of phenols is 1. The first-order chi connectivity index (χ1) is 6.56. The SMILES string of the molecule is CCN(Cl)c1cc([N+](=O)[O-])ccc1O. The number of nitrogens with zero attached hydrogens (tertiary/aromatic N) is 2. The van der Waals surface area contributed by atoms with Crippen molar-refractivity contribution in [1.29, 1.82) is 0 Å². The predicted octanol–water partition coefficient (Wildman–Crippen LogP) is 2.28. The highest BCUT2D eigenvalue weighted by atomic mass is 35.5. The zero-order chi connectivity index (χ0) is 10.7. The van der Waals surface area contributed by atoms with E-state index < -0.39 is 4.92 Å². The Balaban J connectivity index is 3.14. The zero-order valence-electron chi connectivity index (χ0n) is 7.48. The van der Waals surface area contributed by atoms with E-state index in [0.29, 0.717) is 6.54 Å². The standard InChI is InChI=1S/C8H9ClN2O3/c1-2-10(9)7-5-6(11(13)14)3-4-8(7)12/h3-5,12H,2H2,1H3. The van der Waals surface area contributed by atoms with E-state index in [1.54, 1.807) is 6.92 Å². The van der Waals surface area contributed by atoms with Crippen LogP contribution in [0, 0.1) is 10.1 Å². The van der Waals surface area contributed by atoms with Gasteiger partial charge in [-0.3, -0.25) is 14.5 Å². The summed E-state index contributed by atoms with van der Waals surface area (Å²) in [6.45, 7) is 2.21. The average molecular weight is 217 g/mol. The maximum absolute atomic E-state index is 10.4. The summed E-state index contributed by atoms with van der Waals surface area (Å²) >= 11 is 5.72. The van der Waals surface area contributed by atoms with Crippen molar-refractivity contribution in [2.75, 3.05) is 11.0 Å². The fourth-order valence-corrected chi connectivity index (χ4v) is 1.13. The van der Waals surface area contributed by atoms with Gasteiger partial charge in [-0.25, -0.2) is 0 Å². The van der Waals surface area contributed by atoms with Gasteiger partial charge in [-0.2, -0.15) is 0 Å². The lowest BCUT2D eigenvalue weighted by Gasteiger charge is -2.13. The Labute approximate surface area is 85.8 Å². The number of non-ortho nitro benzene ring substituents is 1. The summed E-state index contributed by atoms with van der Waals surface area (Å²) in [7, 11) is 0. The molecule has 14 heavy (non-hydrogen) atoms. The molecule has 0 amide bonds. The van der Waals surface area contributed by atoms with E-state index in [4.69, 9.17) is 11.8 Å². The molecule has 76 valence electrons. The number of anilines is 1. The number of rotatable bonds is 3. The molecule has 1 N–H and O–H groups in total. The van der Waals surface area contributed by atoms with Crippen molar-refractivity contribution in [3.63, 3.8) is 0 Å². The second kappa shape index (κ2) is 4.15. The first-order valence-electron chi connectivity index (χ1n) is 3.97. The Bertz CT molecular complexity index is 356. The second-order valence-electron chi connectivity index (χ2n) is 2.61. The fraction of sp³-hybridized carbons (Fsp3) is 0.250. The van der Waals surface area contributed by atoms with Crippen LogP contribution in [0.25, 0.3) is 0 Å². The van der Waals surface area contributed by atoms with Crippen molar-refractivity contribution in [3.05, 3.63) is 28.3 Å². The molecule has 5 nitrogen and oxygen atoms in total. The van der Waals surface area contributed by atoms with Crippen LogP contribution in [-0.4, -0.2) is 16.6 Å². The minimum Gasteiger partial charge on any atom is -0.506 e. The van der Waals surface area contributed by atoms with Crippen molar-refractivity contribution in [3.8, 4) is 5.75 Å². The van der Waals surface area contributed by atoms with Crippen LogP contribution < -0.4 is 4.42 Å². The molecule has 0 radical (unpaired) electrons. The Kier molecular flexibility index (Phi) is 3.14. The van der Waals surface area contributed by atoms with E-state index in [9.17, 15) is 15.2 Å². The molecule has 0 saturated heterocycles. The number of nitro benzene ring substituents is 1. The number of halogens is 1. The highest BCUT2D eigenvalue weighted by Gasteiger charge is 2.13. The maximum Gasteiger partial charge on any atom is 0.271 e. The molecular weight excluding hydrogens is 208 g/mol. The monoisotopic (exact) mass is 216 g/mol. The molecule has 6 heteroatoms. The minimum atomic E-state index is -0.538. The van der Waals surface area contributed by atoms with E-state index in [1.807, 2.05) is 0 Å². The Morgan fingerprint density at radius 2 is 2.29 bits per heavy atom. The van der Waals surface area contributed by atoms with Crippen LogP contribution in [0.2, 0.25) is 0 Å². The van der Waals surface area contributed by atoms with E-state index >= 15 is 0 Å². The lowest BCUT2D eigenvalue weighted by Crippen LogP contribution is -2.08. The van der Waals surface area contributed by atoms with Gasteiger partial charge in [0, 0.05) is 30.5 Å². The molecule has 0 unspecified atom stereocenters. The largest absolute Gasteiger partial charge is 0.506 e. The smallest absolute Gasteiger partial charge is 0.271 e. The third kappa shape index (κ3) is 2.05. The lowest BCUT2D eigenvalue weighted by molar-refractivity contribution is -0.384. The summed E-state index contributed by atoms with van der Waals surface area (Å²) in [4.78, 5) is 9.90. The van der Waals surface area contributed by atoms with Gasteiger partial charge in [0.1, 0.15) is 11.4 Å². The fourth-order valence-electron chi connectivity index (χ4n) is 0.990. The first-order valence-corrected chi connectivity index (χ1v) is 4.30. The molecule has 0 aromatic heterocycles. The molecule has 1 aromatic carbocycles. The van der Waals surface area contributed by atoms with Gasteiger partial charge in [0.15, 0.2) is 0 Å². The molecule has 0 heterocycles. The summed E-state index contributed by atoms with van der Waals surface area (Å²) in [5.74, 6) is -0.0764. The molecule has 0 aliphatic rings. The molecule has 0 spiro atoms. The van der Waals surface area contributed by atoms with E-state index in [2.05, 4.69) is 0 Å². The number of aromatic hydroxyl groups is 1. The van der Waals surface area contributed by atoms with Crippen LogP contribution in [-0.2, 0) is 0 Å². The summed E-state index contributed by atoms with van der Waals surface area (Å²) in [5.41, 5.74) is 0.139. The van der Waals surface area contributed by atoms with Crippen molar-refractivity contribution in [1.82, 2.24) is 0 Å². The van der Waals surface area contributed by atoms with E-state index in [1.165, 1.54) is 22.6 Å². The third-order valence-electron chi connectivity index (χ3n) is 1.71. The number of hydrogen-bond donors (Lipinski definition) is 1. The van der Waals surface area contributed by atoms with Gasteiger partial charge >= 0.3 is 0 Å². The number of hydrogen-bond acceptors (Lipinski definition) is 4. The molecule has 0 aliphatic heterocycles. The number of benzene rings is 1. The summed E-state index contributed by atoms with van der Waals surface area (Å²) in [6, 6.07) is 3.70. The van der Waals surface area contributed by atoms with Gasteiger partial charge in [-0.1, -0.05) is 0 Å². The Morgan fingerprint density at radius 1 is 1.64 bits per heavy atom. The molecule has 0 fully saturated rings. The van der Waals surface area contributed by atoms with Crippen LogP contribution in [0.4, 0.5) is 11.4 Å². The predicted molar refractivity (Wildman–Crippen MR) is 53.6 cm³/mol. The molecule has 1 rings (SSSR count). The minimum absolute atomic E-state index is 0.0764. The van der Waals surface area contributed by atoms with Crippen LogP contribution >= 0.6 is 11.8 Å². The van der Waals surface area contributed by atoms with Gasteiger partial charge in [-0.15, -0.1) is 0 Å². The molecule has 0 aliphatic carbocycles. The molecule has 0 bridgehead atoms. The van der Waals surface area contributed by atoms with Gasteiger partial charge < -0.3 is 5.11 Å². The normalized spacial score (nSPS) is 9.86. The van der Waals surface area contributed by atoms with Crippen LogP contribution in [0.3, 0.4) is 0 Å². The second-order valence-corrected chi connectivity index (χ2v) is 3.02. The van der Waals surface area contributed by atoms with E-state index in [-0.39, 0.29) is 17.1 Å². The van der Waals surface area contributed by atoms with Crippen molar-refractivity contribution in [2.45, 2.75) is 6.92 Å². The third-order valence-corrected chi connectivity index (χ3v) is 2.13. The number of phenolic OH excluding ortho intramolecular Hbond substituents is 1. The molecular formula is C8H9ClN2O3. The van der Waals surface area contributed by atoms with Crippen molar-refractivity contribution >= 4 is 23.2 Å². The molecule has 0 saturated carbocycles. The highest BCUT2D eigenvalue weighted by molar-refractivity contribution is 6.26. The first kappa shape index (κ1) is 10.6. The van der Waals surface area contributed by atoms with E-state index in [0.717, 1.165) is 0 Å². The van der Waals surface area contributed by atoms with Gasteiger partial charge in [0.2, 0.25) is 0 Å². The zero-order valence-corrected chi connectivity index (χ0v) is 8.23. The summed E-state index contributed by atoms with van der Waals surface area (Å²) < 4.78 is 1.21. The maximum atomic E-state index is 10.4. The summed E-state index contributed by atoms with van der Waals surface area (Å²) in [5, 5.41) is 19.8. The quantitative estimate of drug-likeness (QED) is 0.478. The molecule has 1 aromatic rings. The Hall–Kier alpha value is -1.49. The average Bonchev–Trinajstić information content (AvgIpc) is 2.17. The van der Waals surface area contributed by atoms with Gasteiger partial charge in [0.05, 0.1) is 4.92 Å². The van der Waals surface area contributed by atoms with Crippen molar-refractivity contribution in [2.24, 2.45) is 0 Å². The number of nitro groups is 1. The molecule has 0 atom stereocenters. The lowest BCUT2D eigenvalue weighted by atomic mass is 10.2.